The third kappa shape index (κ3) is 3.63. The largest absolute Gasteiger partial charge is 0.493 e. The predicted molar refractivity (Wildman–Crippen MR) is 89.2 cm³/mol. The number of hydrogen-bond acceptors (Lipinski definition) is 4. The van der Waals surface area contributed by atoms with Gasteiger partial charge in [-0.25, -0.2) is 0 Å². The molecule has 0 aliphatic carbocycles. The second kappa shape index (κ2) is 7.35. The molecule has 114 valence electrons. The first-order valence-corrected chi connectivity index (χ1v) is 7.04. The highest BCUT2D eigenvalue weighted by atomic mass is 35.5. The molecule has 0 fully saturated rings. The Morgan fingerprint density at radius 1 is 1.04 bits per heavy atom. The Morgan fingerprint density at radius 3 is 2.17 bits per heavy atom. The number of nitrogens with zero attached hydrogens (tertiary/aromatic N) is 2. The SMILES string of the molecule is COc1cc(Cl)c(C=C(C#N)c2ccc(C#N)cc2)cc1OC. The summed E-state index contributed by atoms with van der Waals surface area (Å²) in [4.78, 5) is 0. The van der Waals surface area contributed by atoms with E-state index in [1.165, 1.54) is 14.2 Å². The molecule has 4 nitrogen and oxygen atoms in total. The summed E-state index contributed by atoms with van der Waals surface area (Å²) < 4.78 is 10.4. The lowest BCUT2D eigenvalue weighted by Crippen LogP contribution is -1.92. The van der Waals surface area contributed by atoms with Gasteiger partial charge in [0.15, 0.2) is 11.5 Å². The number of ether oxygens (including phenoxy) is 2. The van der Waals surface area contributed by atoms with E-state index in [0.29, 0.717) is 38.8 Å². The molecule has 2 aromatic rings. The lowest BCUT2D eigenvalue weighted by Gasteiger charge is -2.10. The van der Waals surface area contributed by atoms with Crippen molar-refractivity contribution < 1.29 is 9.47 Å². The van der Waals surface area contributed by atoms with Crippen molar-refractivity contribution >= 4 is 23.3 Å². The van der Waals surface area contributed by atoms with Crippen LogP contribution in [0.15, 0.2) is 36.4 Å². The predicted octanol–water partition coefficient (Wildman–Crippen LogP) is 4.29. The van der Waals surface area contributed by atoms with E-state index < -0.39 is 0 Å². The monoisotopic (exact) mass is 324 g/mol. The number of halogens is 1. The van der Waals surface area contributed by atoms with Crippen LogP contribution in [0.1, 0.15) is 16.7 Å². The third-order valence-corrected chi connectivity index (χ3v) is 3.58. The van der Waals surface area contributed by atoms with Crippen LogP contribution in [0.2, 0.25) is 5.02 Å². The molecule has 0 amide bonds. The molecular weight excluding hydrogens is 312 g/mol. The second-order valence-electron chi connectivity index (χ2n) is 4.59. The van der Waals surface area contributed by atoms with Crippen molar-refractivity contribution in [3.05, 3.63) is 58.1 Å². The minimum atomic E-state index is 0.434. The smallest absolute Gasteiger partial charge is 0.162 e. The fourth-order valence-corrected chi connectivity index (χ4v) is 2.25. The molecule has 0 saturated carbocycles. The molecular formula is C18H13ClN2O2. The molecule has 0 spiro atoms. The first-order valence-electron chi connectivity index (χ1n) is 6.66. The topological polar surface area (TPSA) is 66.0 Å². The van der Waals surface area contributed by atoms with E-state index >= 15 is 0 Å². The fourth-order valence-electron chi connectivity index (χ4n) is 2.04. The Labute approximate surface area is 139 Å². The third-order valence-electron chi connectivity index (χ3n) is 3.25. The van der Waals surface area contributed by atoms with Gasteiger partial charge in [0.1, 0.15) is 0 Å². The van der Waals surface area contributed by atoms with E-state index in [1.54, 1.807) is 42.5 Å². The van der Waals surface area contributed by atoms with E-state index in [2.05, 4.69) is 6.07 Å². The second-order valence-corrected chi connectivity index (χ2v) is 4.99. The number of hydrogen-bond donors (Lipinski definition) is 0. The summed E-state index contributed by atoms with van der Waals surface area (Å²) >= 11 is 6.24. The van der Waals surface area contributed by atoms with Crippen LogP contribution >= 0.6 is 11.6 Å². The van der Waals surface area contributed by atoms with E-state index in [0.717, 1.165) is 0 Å². The van der Waals surface area contributed by atoms with Crippen LogP contribution in [0.5, 0.6) is 11.5 Å². The molecule has 5 heteroatoms. The van der Waals surface area contributed by atoms with Gasteiger partial charge < -0.3 is 9.47 Å². The number of nitriles is 2. The highest BCUT2D eigenvalue weighted by molar-refractivity contribution is 6.32. The molecule has 2 aromatic carbocycles. The molecule has 0 aliphatic rings. The molecule has 2 rings (SSSR count). The molecule has 0 aliphatic heterocycles. The lowest BCUT2D eigenvalue weighted by molar-refractivity contribution is 0.355. The van der Waals surface area contributed by atoms with Crippen LogP contribution in [0.4, 0.5) is 0 Å². The molecule has 23 heavy (non-hydrogen) atoms. The highest BCUT2D eigenvalue weighted by Crippen LogP contribution is 2.34. The van der Waals surface area contributed by atoms with Crippen molar-refractivity contribution in [2.24, 2.45) is 0 Å². The van der Waals surface area contributed by atoms with Crippen molar-refractivity contribution in [2.75, 3.05) is 14.2 Å². The maximum atomic E-state index is 9.40. The normalized spacial score (nSPS) is 10.6. The zero-order valence-corrected chi connectivity index (χ0v) is 13.4. The first-order chi connectivity index (χ1) is 11.1. The van der Waals surface area contributed by atoms with Crippen LogP contribution < -0.4 is 9.47 Å². The van der Waals surface area contributed by atoms with Crippen molar-refractivity contribution in [1.82, 2.24) is 0 Å². The average molecular weight is 325 g/mol. The molecule has 0 unspecified atom stereocenters. The van der Waals surface area contributed by atoms with Crippen LogP contribution in [-0.2, 0) is 0 Å². The Hall–Kier alpha value is -2.95. The molecule has 0 N–H and O–H groups in total. The van der Waals surface area contributed by atoms with E-state index in [-0.39, 0.29) is 0 Å². The van der Waals surface area contributed by atoms with Crippen molar-refractivity contribution in [2.45, 2.75) is 0 Å². The molecule has 0 aromatic heterocycles. The maximum Gasteiger partial charge on any atom is 0.162 e. The summed E-state index contributed by atoms with van der Waals surface area (Å²) in [5.41, 5.74) is 2.32. The first kappa shape index (κ1) is 16.4. The van der Waals surface area contributed by atoms with Gasteiger partial charge in [0.2, 0.25) is 0 Å². The highest BCUT2D eigenvalue weighted by Gasteiger charge is 2.10. The van der Waals surface area contributed by atoms with E-state index in [1.807, 2.05) is 6.07 Å². The summed E-state index contributed by atoms with van der Waals surface area (Å²) in [5.74, 6) is 1.05. The number of rotatable bonds is 4. The summed E-state index contributed by atoms with van der Waals surface area (Å²) in [6, 6.07) is 14.3. The van der Waals surface area contributed by atoms with Crippen LogP contribution in [-0.4, -0.2) is 14.2 Å². The number of allylic oxidation sites excluding steroid dienone is 1. The molecule has 0 heterocycles. The maximum absolute atomic E-state index is 9.40. The average Bonchev–Trinajstić information content (AvgIpc) is 2.60. The standard InChI is InChI=1S/C18H13ClN2O2/c1-22-17-8-14(16(19)9-18(17)23-2)7-15(11-21)13-5-3-12(10-20)4-6-13/h3-9H,1-2H3. The summed E-state index contributed by atoms with van der Waals surface area (Å²) in [7, 11) is 3.06. The van der Waals surface area contributed by atoms with Crippen molar-refractivity contribution in [1.29, 1.82) is 10.5 Å². The van der Waals surface area contributed by atoms with Gasteiger partial charge in [0.05, 0.1) is 42.5 Å². The molecule has 0 atom stereocenters. The summed E-state index contributed by atoms with van der Waals surface area (Å²) in [6.07, 6.45) is 1.67. The zero-order valence-electron chi connectivity index (χ0n) is 12.6. The Morgan fingerprint density at radius 2 is 1.65 bits per heavy atom. The molecule has 0 saturated heterocycles. The molecule has 0 bridgehead atoms. The van der Waals surface area contributed by atoms with Gasteiger partial charge in [-0.05, 0) is 35.4 Å². The van der Waals surface area contributed by atoms with Gasteiger partial charge >= 0.3 is 0 Å². The summed E-state index contributed by atoms with van der Waals surface area (Å²) in [6.45, 7) is 0. The van der Waals surface area contributed by atoms with Gasteiger partial charge in [0, 0.05) is 6.07 Å². The van der Waals surface area contributed by atoms with E-state index in [9.17, 15) is 5.26 Å². The minimum Gasteiger partial charge on any atom is -0.493 e. The molecule has 0 radical (unpaired) electrons. The van der Waals surface area contributed by atoms with Gasteiger partial charge in [-0.1, -0.05) is 23.7 Å². The Balaban J connectivity index is 2.49. The van der Waals surface area contributed by atoms with Crippen LogP contribution in [0.3, 0.4) is 0 Å². The van der Waals surface area contributed by atoms with Gasteiger partial charge in [-0.3, -0.25) is 0 Å². The number of methoxy groups -OCH3 is 2. The van der Waals surface area contributed by atoms with Crippen molar-refractivity contribution in [3.8, 4) is 23.6 Å². The Bertz CT molecular complexity index is 828. The quantitative estimate of drug-likeness (QED) is 0.621. The van der Waals surface area contributed by atoms with Gasteiger partial charge in [-0.2, -0.15) is 10.5 Å². The fraction of sp³-hybridized carbons (Fsp3) is 0.111. The lowest BCUT2D eigenvalue weighted by atomic mass is 10.0. The minimum absolute atomic E-state index is 0.434. The van der Waals surface area contributed by atoms with Crippen LogP contribution in [0.25, 0.3) is 11.6 Å². The van der Waals surface area contributed by atoms with Gasteiger partial charge in [0.25, 0.3) is 0 Å². The van der Waals surface area contributed by atoms with Gasteiger partial charge in [-0.15, -0.1) is 0 Å². The number of benzene rings is 2. The van der Waals surface area contributed by atoms with Crippen molar-refractivity contribution in [3.63, 3.8) is 0 Å². The Kier molecular flexibility index (Phi) is 5.25. The van der Waals surface area contributed by atoms with Crippen LogP contribution in [0, 0.1) is 22.7 Å². The summed E-state index contributed by atoms with van der Waals surface area (Å²) in [5, 5.41) is 18.7. The van der Waals surface area contributed by atoms with E-state index in [4.69, 9.17) is 26.3 Å². The zero-order chi connectivity index (χ0) is 16.8.